The molecule has 0 saturated carbocycles. The maximum Gasteiger partial charge on any atom is 0.323 e. The van der Waals surface area contributed by atoms with E-state index in [0.29, 0.717) is 41.7 Å². The van der Waals surface area contributed by atoms with Crippen LogP contribution in [0.2, 0.25) is 5.02 Å². The summed E-state index contributed by atoms with van der Waals surface area (Å²) < 4.78 is 39.6. The van der Waals surface area contributed by atoms with Gasteiger partial charge in [-0.05, 0) is 43.0 Å². The summed E-state index contributed by atoms with van der Waals surface area (Å²) >= 11 is 6.97. The van der Waals surface area contributed by atoms with Crippen molar-refractivity contribution < 1.29 is 38.1 Å². The predicted octanol–water partition coefficient (Wildman–Crippen LogP) is 7.63. The van der Waals surface area contributed by atoms with E-state index in [9.17, 15) is 28.6 Å². The van der Waals surface area contributed by atoms with Crippen molar-refractivity contribution in [3.8, 4) is 11.5 Å². The lowest BCUT2D eigenvalue weighted by Crippen LogP contribution is -2.11. The van der Waals surface area contributed by atoms with Crippen LogP contribution in [-0.4, -0.2) is 45.2 Å². The fourth-order valence-electron chi connectivity index (χ4n) is 4.17. The Labute approximate surface area is 250 Å². The number of fused-ring (bicyclic) bond motifs is 1. The van der Waals surface area contributed by atoms with Crippen LogP contribution in [0.1, 0.15) is 30.9 Å². The van der Waals surface area contributed by atoms with Gasteiger partial charge in [0.1, 0.15) is 40.0 Å². The average molecular weight is 616 g/mol. The summed E-state index contributed by atoms with van der Waals surface area (Å²) in [5, 5.41) is 18.6. The fourth-order valence-corrected chi connectivity index (χ4v) is 5.30. The van der Waals surface area contributed by atoms with Crippen molar-refractivity contribution in [2.75, 3.05) is 13.2 Å². The molecule has 7 nitrogen and oxygen atoms in total. The molecule has 4 rings (SSSR count). The first-order chi connectivity index (χ1) is 20.1. The minimum atomic E-state index is -0.997. The zero-order valence-electron chi connectivity index (χ0n) is 22.6. The van der Waals surface area contributed by atoms with E-state index in [1.807, 2.05) is 54.6 Å². The van der Waals surface area contributed by atoms with Gasteiger partial charge in [0.2, 0.25) is 0 Å². The second-order valence-electron chi connectivity index (χ2n) is 9.36. The van der Waals surface area contributed by atoms with E-state index in [0.717, 1.165) is 22.6 Å². The van der Waals surface area contributed by atoms with Crippen molar-refractivity contribution in [3.63, 3.8) is 0 Å². The van der Waals surface area contributed by atoms with Gasteiger partial charge in [-0.25, -0.2) is 8.78 Å². The molecule has 0 amide bonds. The summed E-state index contributed by atoms with van der Waals surface area (Å²) in [5.41, 5.74) is 2.41. The third-order valence-electron chi connectivity index (χ3n) is 6.21. The number of carboxylic acids is 2. The van der Waals surface area contributed by atoms with Crippen molar-refractivity contribution >= 4 is 58.4 Å². The monoisotopic (exact) mass is 615 g/mol. The van der Waals surface area contributed by atoms with Crippen LogP contribution >= 0.6 is 23.4 Å². The minimum Gasteiger partial charge on any atom is -0.494 e. The number of unbranched alkanes of at least 4 members (excludes halogenated alkanes) is 1. The van der Waals surface area contributed by atoms with Gasteiger partial charge in [-0.3, -0.25) is 9.59 Å². The summed E-state index contributed by atoms with van der Waals surface area (Å²) in [7, 11) is 0. The molecule has 0 bridgehead atoms. The Morgan fingerprint density at radius 2 is 1.74 bits per heavy atom. The molecule has 0 radical (unpaired) electrons. The fraction of sp³-hybridized carbons (Fsp3) is 0.226. The predicted molar refractivity (Wildman–Crippen MR) is 159 cm³/mol. The summed E-state index contributed by atoms with van der Waals surface area (Å²) in [4.78, 5) is 23.6. The Kier molecular flexibility index (Phi) is 10.5. The van der Waals surface area contributed by atoms with Gasteiger partial charge >= 0.3 is 11.9 Å². The van der Waals surface area contributed by atoms with Gasteiger partial charge in [-0.2, -0.15) is 0 Å². The summed E-state index contributed by atoms with van der Waals surface area (Å²) in [6, 6.07) is 14.8. The molecule has 0 fully saturated rings. The third-order valence-corrected chi connectivity index (χ3v) is 7.71. The molecular weight excluding hydrogens is 588 g/mol. The molecular formula is C31H28ClF2NO6S. The number of aromatic nitrogens is 1. The first-order valence-corrected chi connectivity index (χ1v) is 14.3. The highest BCUT2D eigenvalue weighted by Crippen LogP contribution is 2.35. The molecule has 0 aliphatic heterocycles. The van der Waals surface area contributed by atoms with Crippen LogP contribution in [-0.2, 0) is 16.1 Å². The van der Waals surface area contributed by atoms with E-state index in [4.69, 9.17) is 21.1 Å². The molecule has 42 heavy (non-hydrogen) atoms. The lowest BCUT2D eigenvalue weighted by molar-refractivity contribution is -0.138. The smallest absolute Gasteiger partial charge is 0.323 e. The maximum atomic E-state index is 13.5. The van der Waals surface area contributed by atoms with Gasteiger partial charge in [-0.15, -0.1) is 11.8 Å². The van der Waals surface area contributed by atoms with Gasteiger partial charge in [0, 0.05) is 28.6 Å². The Morgan fingerprint density at radius 1 is 1.02 bits per heavy atom. The number of benzene rings is 3. The Hall–Kier alpha value is -4.02. The molecule has 1 heterocycles. The summed E-state index contributed by atoms with van der Waals surface area (Å²) in [6.07, 6.45) is 6.74. The Bertz CT molecular complexity index is 1610. The normalized spacial score (nSPS) is 12.1. The molecule has 0 saturated heterocycles. The molecule has 0 spiro atoms. The van der Waals surface area contributed by atoms with Gasteiger partial charge in [0.15, 0.2) is 0 Å². The number of thioether (sulfide) groups is 1. The second kappa shape index (κ2) is 14.2. The van der Waals surface area contributed by atoms with Gasteiger partial charge in [-0.1, -0.05) is 54.1 Å². The highest BCUT2D eigenvalue weighted by atomic mass is 35.5. The van der Waals surface area contributed by atoms with E-state index >= 15 is 0 Å². The van der Waals surface area contributed by atoms with Crippen LogP contribution in [0.3, 0.4) is 0 Å². The molecule has 11 heteroatoms. The van der Waals surface area contributed by atoms with Crippen LogP contribution in [0.5, 0.6) is 11.5 Å². The molecule has 1 atom stereocenters. The number of para-hydroxylation sites is 1. The van der Waals surface area contributed by atoms with E-state index < -0.39 is 28.8 Å². The first-order valence-electron chi connectivity index (χ1n) is 13.0. The van der Waals surface area contributed by atoms with Crippen LogP contribution in [0.4, 0.5) is 8.78 Å². The van der Waals surface area contributed by atoms with Crippen molar-refractivity contribution in [2.45, 2.75) is 36.5 Å². The Morgan fingerprint density at radius 3 is 2.43 bits per heavy atom. The van der Waals surface area contributed by atoms with Crippen molar-refractivity contribution in [2.24, 2.45) is 0 Å². The highest BCUT2D eigenvalue weighted by Gasteiger charge is 2.19. The van der Waals surface area contributed by atoms with Gasteiger partial charge < -0.3 is 24.3 Å². The summed E-state index contributed by atoms with van der Waals surface area (Å²) in [6.45, 7) is 2.00. The zero-order valence-corrected chi connectivity index (χ0v) is 24.1. The number of halogens is 3. The number of aliphatic carboxylic acids is 2. The molecule has 0 aliphatic carbocycles. The molecule has 1 unspecified atom stereocenters. The van der Waals surface area contributed by atoms with Crippen LogP contribution in [0.25, 0.3) is 23.1 Å². The minimum absolute atomic E-state index is 0.0304. The number of carbonyl (C=O) groups is 2. The highest BCUT2D eigenvalue weighted by molar-refractivity contribution is 8.00. The number of hydrogen-bond donors (Lipinski definition) is 2. The number of hydrogen-bond acceptors (Lipinski definition) is 5. The molecule has 0 aliphatic rings. The van der Waals surface area contributed by atoms with Gasteiger partial charge in [0.25, 0.3) is 0 Å². The molecule has 2 N–H and O–H groups in total. The molecule has 1 aromatic heterocycles. The van der Waals surface area contributed by atoms with Crippen LogP contribution < -0.4 is 9.47 Å². The quantitative estimate of drug-likeness (QED) is 0.0651. The number of ether oxygens (including phenoxy) is 2. The van der Waals surface area contributed by atoms with Crippen molar-refractivity contribution in [3.05, 3.63) is 88.6 Å². The molecule has 220 valence electrons. The number of nitrogens with zero attached hydrogens (tertiary/aromatic N) is 1. The first kappa shape index (κ1) is 30.9. The van der Waals surface area contributed by atoms with Crippen LogP contribution in [0, 0.1) is 11.6 Å². The van der Waals surface area contributed by atoms with E-state index in [2.05, 4.69) is 0 Å². The SMILES string of the molecule is CC(Sc1cn(CC(=O)O)c2c(/C=C/c3ccc(OCCCCOc4cc(F)cc(F)c4Cl)cc3)cccc12)C(=O)O. The van der Waals surface area contributed by atoms with E-state index in [1.165, 1.54) is 11.8 Å². The van der Waals surface area contributed by atoms with E-state index in [1.54, 1.807) is 17.7 Å². The lowest BCUT2D eigenvalue weighted by Gasteiger charge is -2.09. The third kappa shape index (κ3) is 8.04. The Balaban J connectivity index is 1.35. The molecule has 3 aromatic carbocycles. The van der Waals surface area contributed by atoms with Crippen molar-refractivity contribution in [1.29, 1.82) is 0 Å². The zero-order chi connectivity index (χ0) is 30.2. The topological polar surface area (TPSA) is 98.0 Å². The van der Waals surface area contributed by atoms with Crippen LogP contribution in [0.15, 0.2) is 65.7 Å². The van der Waals surface area contributed by atoms with Gasteiger partial charge in [0.05, 0.1) is 18.7 Å². The molecule has 4 aromatic rings. The standard InChI is InChI=1S/C31H28ClF2NO6S/c1-19(31(38)39)42-27-17-35(18-28(36)37)30-21(5-4-6-24(27)30)10-7-20-8-11-23(12-9-20)40-13-2-3-14-41-26-16-22(33)15-25(34)29(26)32/h4-12,15-17,19H,2-3,13-14,18H2,1H3,(H,36,37)(H,38,39)/b10-7+. The average Bonchev–Trinajstić information content (AvgIpc) is 3.29. The largest absolute Gasteiger partial charge is 0.494 e. The summed E-state index contributed by atoms with van der Waals surface area (Å²) in [5.74, 6) is -2.92. The van der Waals surface area contributed by atoms with Crippen molar-refractivity contribution in [1.82, 2.24) is 4.57 Å². The van der Waals surface area contributed by atoms with E-state index in [-0.39, 0.29) is 23.9 Å². The lowest BCUT2D eigenvalue weighted by atomic mass is 10.1. The maximum absolute atomic E-state index is 13.5. The number of rotatable bonds is 14. The second-order valence-corrected chi connectivity index (χ2v) is 11.1. The number of carboxylic acid groups (broad SMARTS) is 2.